The first-order valence-electron chi connectivity index (χ1n) is 6.25. The quantitative estimate of drug-likeness (QED) is 0.725. The summed E-state index contributed by atoms with van der Waals surface area (Å²) in [6, 6.07) is 2.42. The van der Waals surface area contributed by atoms with Crippen LogP contribution in [0, 0.1) is 22.7 Å². The maximum absolute atomic E-state index is 10.3. The lowest BCUT2D eigenvalue weighted by Crippen LogP contribution is -2.38. The van der Waals surface area contributed by atoms with Crippen molar-refractivity contribution in [3.05, 3.63) is 0 Å². The summed E-state index contributed by atoms with van der Waals surface area (Å²) in [6.07, 6.45) is 6.91. The Bertz CT molecular complexity index is 223. The Kier molecular flexibility index (Phi) is 4.60. The van der Waals surface area contributed by atoms with Gasteiger partial charge in [-0.05, 0) is 18.8 Å². The van der Waals surface area contributed by atoms with E-state index in [-0.39, 0.29) is 5.92 Å². The van der Waals surface area contributed by atoms with Crippen LogP contribution >= 0.6 is 0 Å². The van der Waals surface area contributed by atoms with E-state index in [2.05, 4.69) is 19.9 Å². The fraction of sp³-hybridized carbons (Fsp3) is 0.923. The Balaban J connectivity index is 2.77. The minimum atomic E-state index is -0.452. The van der Waals surface area contributed by atoms with Crippen molar-refractivity contribution in [3.63, 3.8) is 0 Å². The van der Waals surface area contributed by atoms with Gasteiger partial charge in [0.25, 0.3) is 0 Å². The molecule has 1 fully saturated rings. The lowest BCUT2D eigenvalue weighted by Gasteiger charge is -2.34. The van der Waals surface area contributed by atoms with E-state index in [1.165, 1.54) is 12.8 Å². The summed E-state index contributed by atoms with van der Waals surface area (Å²) in [6.45, 7) is 4.13. The number of nitrogens with zero attached hydrogens (tertiary/aromatic N) is 1. The fourth-order valence-corrected chi connectivity index (χ4v) is 2.60. The molecule has 1 N–H and O–H groups in total. The number of aliphatic hydroxyl groups is 1. The molecule has 86 valence electrons. The molecule has 0 radical (unpaired) electrons. The summed E-state index contributed by atoms with van der Waals surface area (Å²) >= 11 is 0. The van der Waals surface area contributed by atoms with Crippen LogP contribution in [0.1, 0.15) is 58.8 Å². The van der Waals surface area contributed by atoms with E-state index >= 15 is 0 Å². The topological polar surface area (TPSA) is 44.0 Å². The summed E-state index contributed by atoms with van der Waals surface area (Å²) in [5, 5.41) is 19.7. The van der Waals surface area contributed by atoms with Gasteiger partial charge in [0.05, 0.1) is 17.6 Å². The largest absolute Gasteiger partial charge is 0.391 e. The highest BCUT2D eigenvalue weighted by Gasteiger charge is 2.40. The molecule has 2 unspecified atom stereocenters. The Morgan fingerprint density at radius 3 is 2.20 bits per heavy atom. The maximum Gasteiger partial charge on any atom is 0.0834 e. The second-order valence-corrected chi connectivity index (χ2v) is 5.01. The van der Waals surface area contributed by atoms with Crippen LogP contribution < -0.4 is 0 Å². The molecule has 0 saturated heterocycles. The Labute approximate surface area is 93.3 Å². The van der Waals surface area contributed by atoms with Crippen LogP contribution in [-0.4, -0.2) is 11.2 Å². The van der Waals surface area contributed by atoms with Crippen molar-refractivity contribution >= 4 is 0 Å². The minimum absolute atomic E-state index is 0.239. The summed E-state index contributed by atoms with van der Waals surface area (Å²) in [4.78, 5) is 0. The first kappa shape index (κ1) is 12.5. The zero-order chi connectivity index (χ0) is 11.3. The van der Waals surface area contributed by atoms with Crippen LogP contribution in [0.5, 0.6) is 0 Å². The zero-order valence-electron chi connectivity index (χ0n) is 10.00. The van der Waals surface area contributed by atoms with Gasteiger partial charge in [0.15, 0.2) is 0 Å². The van der Waals surface area contributed by atoms with Crippen LogP contribution in [-0.2, 0) is 0 Å². The van der Waals surface area contributed by atoms with Gasteiger partial charge in [-0.3, -0.25) is 0 Å². The molecule has 1 saturated carbocycles. The molecule has 0 heterocycles. The van der Waals surface area contributed by atoms with E-state index in [0.717, 1.165) is 32.1 Å². The average Bonchev–Trinajstić information content (AvgIpc) is 2.53. The third-order valence-corrected chi connectivity index (χ3v) is 3.97. The Hall–Kier alpha value is -0.550. The fourth-order valence-electron chi connectivity index (χ4n) is 2.60. The minimum Gasteiger partial charge on any atom is -0.391 e. The molecule has 1 aliphatic rings. The van der Waals surface area contributed by atoms with Crippen molar-refractivity contribution < 1.29 is 5.11 Å². The smallest absolute Gasteiger partial charge is 0.0834 e. The molecule has 0 bridgehead atoms. The van der Waals surface area contributed by atoms with Crippen molar-refractivity contribution in [1.82, 2.24) is 0 Å². The number of rotatable bonds is 3. The normalized spacial score (nSPS) is 24.9. The SMILES string of the molecule is CCC(C)C(O)C1(C#N)CCCCCC1. The molecule has 0 aliphatic heterocycles. The molecule has 1 rings (SSSR count). The van der Waals surface area contributed by atoms with Crippen LogP contribution in [0.15, 0.2) is 0 Å². The molecule has 0 spiro atoms. The van der Waals surface area contributed by atoms with Gasteiger partial charge in [-0.2, -0.15) is 5.26 Å². The van der Waals surface area contributed by atoms with Gasteiger partial charge < -0.3 is 5.11 Å². The molecule has 1 aliphatic carbocycles. The highest BCUT2D eigenvalue weighted by atomic mass is 16.3. The van der Waals surface area contributed by atoms with Crippen molar-refractivity contribution in [1.29, 1.82) is 5.26 Å². The van der Waals surface area contributed by atoms with Gasteiger partial charge in [-0.1, -0.05) is 46.0 Å². The third kappa shape index (κ3) is 2.72. The molecule has 2 atom stereocenters. The van der Waals surface area contributed by atoms with Crippen molar-refractivity contribution in [2.75, 3.05) is 0 Å². The van der Waals surface area contributed by atoms with E-state index in [4.69, 9.17) is 0 Å². The number of nitriles is 1. The van der Waals surface area contributed by atoms with Crippen LogP contribution in [0.2, 0.25) is 0 Å². The van der Waals surface area contributed by atoms with Gasteiger partial charge in [-0.15, -0.1) is 0 Å². The highest BCUT2D eigenvalue weighted by Crippen LogP contribution is 2.40. The maximum atomic E-state index is 10.3. The van der Waals surface area contributed by atoms with Crippen molar-refractivity contribution in [2.24, 2.45) is 11.3 Å². The third-order valence-electron chi connectivity index (χ3n) is 3.97. The first-order valence-corrected chi connectivity index (χ1v) is 6.25. The lowest BCUT2D eigenvalue weighted by atomic mass is 9.72. The standard InChI is InChI=1S/C13H23NO/c1-3-11(2)12(15)13(10-14)8-6-4-5-7-9-13/h11-12,15H,3-9H2,1-2H3. The van der Waals surface area contributed by atoms with E-state index in [1.54, 1.807) is 0 Å². The summed E-state index contributed by atoms with van der Waals surface area (Å²) in [5.41, 5.74) is -0.452. The van der Waals surface area contributed by atoms with E-state index in [0.29, 0.717) is 0 Å². The second kappa shape index (κ2) is 5.51. The van der Waals surface area contributed by atoms with E-state index < -0.39 is 11.5 Å². The predicted octanol–water partition coefficient (Wildman–Crippen LogP) is 3.26. The lowest BCUT2D eigenvalue weighted by molar-refractivity contribution is 0.00884. The number of hydrogen-bond donors (Lipinski definition) is 1. The zero-order valence-corrected chi connectivity index (χ0v) is 10.00. The van der Waals surface area contributed by atoms with Gasteiger partial charge in [0.1, 0.15) is 0 Å². The summed E-state index contributed by atoms with van der Waals surface area (Å²) in [5.74, 6) is 0.239. The van der Waals surface area contributed by atoms with Crippen LogP contribution in [0.25, 0.3) is 0 Å². The van der Waals surface area contributed by atoms with Crippen molar-refractivity contribution in [3.8, 4) is 6.07 Å². The average molecular weight is 209 g/mol. The van der Waals surface area contributed by atoms with Crippen molar-refractivity contribution in [2.45, 2.75) is 64.9 Å². The van der Waals surface area contributed by atoms with E-state index in [9.17, 15) is 10.4 Å². The van der Waals surface area contributed by atoms with Crippen LogP contribution in [0.4, 0.5) is 0 Å². The molecule has 0 aromatic heterocycles. The molecule has 2 nitrogen and oxygen atoms in total. The number of hydrogen-bond acceptors (Lipinski definition) is 2. The Morgan fingerprint density at radius 1 is 1.27 bits per heavy atom. The molecule has 2 heteroatoms. The second-order valence-electron chi connectivity index (χ2n) is 5.01. The molecule has 0 amide bonds. The summed E-state index contributed by atoms with van der Waals surface area (Å²) in [7, 11) is 0. The predicted molar refractivity (Wildman–Crippen MR) is 61.2 cm³/mol. The van der Waals surface area contributed by atoms with Gasteiger partial charge in [0, 0.05) is 0 Å². The molecular formula is C13H23NO. The molecular weight excluding hydrogens is 186 g/mol. The van der Waals surface area contributed by atoms with Gasteiger partial charge in [-0.25, -0.2) is 0 Å². The van der Waals surface area contributed by atoms with Gasteiger partial charge in [0.2, 0.25) is 0 Å². The van der Waals surface area contributed by atoms with Gasteiger partial charge >= 0.3 is 0 Å². The monoisotopic (exact) mass is 209 g/mol. The molecule has 15 heavy (non-hydrogen) atoms. The number of aliphatic hydroxyl groups excluding tert-OH is 1. The Morgan fingerprint density at radius 2 is 1.80 bits per heavy atom. The van der Waals surface area contributed by atoms with Crippen LogP contribution in [0.3, 0.4) is 0 Å². The first-order chi connectivity index (χ1) is 7.16. The molecule has 0 aromatic rings. The summed E-state index contributed by atoms with van der Waals surface area (Å²) < 4.78 is 0. The van der Waals surface area contributed by atoms with E-state index in [1.807, 2.05) is 0 Å². The molecule has 0 aromatic carbocycles. The highest BCUT2D eigenvalue weighted by molar-refractivity contribution is 5.05.